The Kier molecular flexibility index (Phi) is 6.69. The predicted octanol–water partition coefficient (Wildman–Crippen LogP) is 3.27. The molecule has 0 aliphatic carbocycles. The van der Waals surface area contributed by atoms with Crippen LogP contribution < -0.4 is 19.5 Å². The zero-order chi connectivity index (χ0) is 18.2. The van der Waals surface area contributed by atoms with Crippen molar-refractivity contribution < 1.29 is 19.0 Å². The van der Waals surface area contributed by atoms with Crippen LogP contribution in [0.5, 0.6) is 17.2 Å². The Labute approximate surface area is 148 Å². The third kappa shape index (κ3) is 5.41. The fourth-order valence-corrected chi connectivity index (χ4v) is 2.40. The van der Waals surface area contributed by atoms with Crippen molar-refractivity contribution in [3.05, 3.63) is 53.6 Å². The maximum Gasteiger partial charge on any atom is 0.260 e. The van der Waals surface area contributed by atoms with Crippen molar-refractivity contribution in [1.82, 2.24) is 5.32 Å². The lowest BCUT2D eigenvalue weighted by Crippen LogP contribution is -2.38. The van der Waals surface area contributed by atoms with Crippen molar-refractivity contribution in [1.29, 1.82) is 0 Å². The summed E-state index contributed by atoms with van der Waals surface area (Å²) in [7, 11) is 1.57. The van der Waals surface area contributed by atoms with Crippen LogP contribution in [0.2, 0.25) is 0 Å². The van der Waals surface area contributed by atoms with Crippen LogP contribution in [0.3, 0.4) is 0 Å². The smallest absolute Gasteiger partial charge is 0.260 e. The summed E-state index contributed by atoms with van der Waals surface area (Å²) in [6.45, 7) is 6.56. The fraction of sp³-hybridized carbons (Fsp3) is 0.350. The van der Waals surface area contributed by atoms with Gasteiger partial charge in [-0.15, -0.1) is 0 Å². The van der Waals surface area contributed by atoms with Crippen molar-refractivity contribution in [3.63, 3.8) is 0 Å². The lowest BCUT2D eigenvalue weighted by Gasteiger charge is -2.17. The molecule has 2 aromatic carbocycles. The Balaban J connectivity index is 1.77. The van der Waals surface area contributed by atoms with Crippen molar-refractivity contribution in [3.8, 4) is 17.2 Å². The number of aryl methyl sites for hydroxylation is 2. The highest BCUT2D eigenvalue weighted by Crippen LogP contribution is 2.26. The highest BCUT2D eigenvalue weighted by molar-refractivity contribution is 5.80. The number of ether oxygens (including phenoxy) is 3. The molecule has 0 saturated carbocycles. The van der Waals surface area contributed by atoms with E-state index in [1.807, 2.05) is 38.1 Å². The molecule has 0 aliphatic rings. The molecule has 0 bridgehead atoms. The Bertz CT molecular complexity index is 715. The van der Waals surface area contributed by atoms with Gasteiger partial charge in [0.1, 0.15) is 12.4 Å². The van der Waals surface area contributed by atoms with Gasteiger partial charge in [0.2, 0.25) is 0 Å². The second-order valence-electron chi connectivity index (χ2n) is 5.82. The van der Waals surface area contributed by atoms with Crippen molar-refractivity contribution in [2.24, 2.45) is 0 Å². The average molecular weight is 343 g/mol. The molecule has 25 heavy (non-hydrogen) atoms. The zero-order valence-electron chi connectivity index (χ0n) is 15.2. The van der Waals surface area contributed by atoms with E-state index in [4.69, 9.17) is 14.2 Å². The van der Waals surface area contributed by atoms with Gasteiger partial charge in [-0.3, -0.25) is 4.79 Å². The number of benzene rings is 2. The largest absolute Gasteiger partial charge is 0.493 e. The minimum absolute atomic E-state index is 0.199. The minimum Gasteiger partial charge on any atom is -0.493 e. The second kappa shape index (κ2) is 8.97. The quantitative estimate of drug-likeness (QED) is 0.748. The monoisotopic (exact) mass is 343 g/mol. The first kappa shape index (κ1) is 18.6. The lowest BCUT2D eigenvalue weighted by atomic mass is 10.1. The third-order valence-corrected chi connectivity index (χ3v) is 3.73. The summed E-state index contributed by atoms with van der Waals surface area (Å²) in [5.41, 5.74) is 2.28. The second-order valence-corrected chi connectivity index (χ2v) is 5.82. The molecular formula is C20H25NO4. The molecular weight excluding hydrogens is 318 g/mol. The first-order valence-corrected chi connectivity index (χ1v) is 8.28. The van der Waals surface area contributed by atoms with Crippen LogP contribution in [0, 0.1) is 13.8 Å². The number of rotatable bonds is 8. The predicted molar refractivity (Wildman–Crippen MR) is 97.5 cm³/mol. The van der Waals surface area contributed by atoms with Crippen LogP contribution >= 0.6 is 0 Å². The average Bonchev–Trinajstić information content (AvgIpc) is 2.60. The summed E-state index contributed by atoms with van der Waals surface area (Å²) in [6.07, 6.45) is -0.627. The van der Waals surface area contributed by atoms with Gasteiger partial charge in [0.05, 0.1) is 13.7 Å². The Morgan fingerprint density at radius 3 is 2.48 bits per heavy atom. The Hall–Kier alpha value is -2.69. The van der Waals surface area contributed by atoms with Gasteiger partial charge in [0.25, 0.3) is 5.91 Å². The summed E-state index contributed by atoms with van der Waals surface area (Å²) in [4.78, 5) is 12.1. The molecule has 0 heterocycles. The van der Waals surface area contributed by atoms with E-state index >= 15 is 0 Å². The summed E-state index contributed by atoms with van der Waals surface area (Å²) in [6, 6.07) is 13.3. The number of amides is 1. The Morgan fingerprint density at radius 2 is 1.80 bits per heavy atom. The normalized spacial score (nSPS) is 11.5. The highest BCUT2D eigenvalue weighted by atomic mass is 16.5. The minimum atomic E-state index is -0.627. The molecule has 1 atom stereocenters. The van der Waals surface area contributed by atoms with Gasteiger partial charge >= 0.3 is 0 Å². The fourth-order valence-electron chi connectivity index (χ4n) is 2.40. The number of hydrogen-bond acceptors (Lipinski definition) is 4. The lowest BCUT2D eigenvalue weighted by molar-refractivity contribution is -0.127. The van der Waals surface area contributed by atoms with E-state index in [1.165, 1.54) is 5.56 Å². The molecule has 2 rings (SSSR count). The molecule has 0 aromatic heterocycles. The van der Waals surface area contributed by atoms with Crippen LogP contribution in [0.15, 0.2) is 42.5 Å². The Morgan fingerprint density at radius 1 is 1.08 bits per heavy atom. The van der Waals surface area contributed by atoms with Gasteiger partial charge in [-0.1, -0.05) is 29.8 Å². The molecule has 2 aromatic rings. The van der Waals surface area contributed by atoms with E-state index < -0.39 is 6.10 Å². The summed E-state index contributed by atoms with van der Waals surface area (Å²) >= 11 is 0. The first-order chi connectivity index (χ1) is 12.0. The summed E-state index contributed by atoms with van der Waals surface area (Å²) in [5, 5.41) is 2.81. The van der Waals surface area contributed by atoms with E-state index in [0.29, 0.717) is 24.7 Å². The van der Waals surface area contributed by atoms with Gasteiger partial charge in [-0.2, -0.15) is 0 Å². The topological polar surface area (TPSA) is 56.8 Å². The molecule has 0 aliphatic heterocycles. The SMILES string of the molecule is COc1ccccc1O[C@@H](C)C(=O)NCCOc1ccc(C)cc1C. The molecule has 0 radical (unpaired) electrons. The van der Waals surface area contributed by atoms with E-state index in [-0.39, 0.29) is 5.91 Å². The number of hydrogen-bond donors (Lipinski definition) is 1. The van der Waals surface area contributed by atoms with Crippen molar-refractivity contribution in [2.45, 2.75) is 26.9 Å². The zero-order valence-corrected chi connectivity index (χ0v) is 15.2. The summed E-state index contributed by atoms with van der Waals surface area (Å²) < 4.78 is 16.6. The maximum absolute atomic E-state index is 12.1. The van der Waals surface area contributed by atoms with Gasteiger partial charge in [0.15, 0.2) is 17.6 Å². The molecule has 0 saturated heterocycles. The molecule has 1 N–H and O–H groups in total. The standard InChI is InChI=1S/C20H25NO4/c1-14-9-10-17(15(2)13-14)24-12-11-21-20(22)16(3)25-19-8-6-5-7-18(19)23-4/h5-10,13,16H,11-12H2,1-4H3,(H,21,22)/t16-/m0/s1. The van der Waals surface area contributed by atoms with E-state index in [0.717, 1.165) is 11.3 Å². The number of carbonyl (C=O) groups excluding carboxylic acids is 1. The number of para-hydroxylation sites is 2. The number of nitrogens with one attached hydrogen (secondary N) is 1. The number of methoxy groups -OCH3 is 1. The van der Waals surface area contributed by atoms with Crippen LogP contribution in [-0.2, 0) is 4.79 Å². The molecule has 0 fully saturated rings. The number of carbonyl (C=O) groups is 1. The third-order valence-electron chi connectivity index (χ3n) is 3.73. The van der Waals surface area contributed by atoms with E-state index in [1.54, 1.807) is 26.2 Å². The van der Waals surface area contributed by atoms with Crippen LogP contribution in [-0.4, -0.2) is 32.3 Å². The van der Waals surface area contributed by atoms with Crippen LogP contribution in [0.4, 0.5) is 0 Å². The first-order valence-electron chi connectivity index (χ1n) is 8.28. The molecule has 5 nitrogen and oxygen atoms in total. The van der Waals surface area contributed by atoms with Gasteiger partial charge in [0, 0.05) is 0 Å². The molecule has 0 spiro atoms. The highest BCUT2D eigenvalue weighted by Gasteiger charge is 2.16. The van der Waals surface area contributed by atoms with E-state index in [2.05, 4.69) is 11.4 Å². The summed E-state index contributed by atoms with van der Waals surface area (Å²) in [5.74, 6) is 1.77. The van der Waals surface area contributed by atoms with Gasteiger partial charge in [-0.05, 0) is 44.5 Å². The molecule has 1 amide bonds. The molecule has 134 valence electrons. The van der Waals surface area contributed by atoms with Crippen LogP contribution in [0.1, 0.15) is 18.1 Å². The van der Waals surface area contributed by atoms with E-state index in [9.17, 15) is 4.79 Å². The maximum atomic E-state index is 12.1. The van der Waals surface area contributed by atoms with Crippen molar-refractivity contribution >= 4 is 5.91 Å². The van der Waals surface area contributed by atoms with Gasteiger partial charge in [-0.25, -0.2) is 0 Å². The van der Waals surface area contributed by atoms with Gasteiger partial charge < -0.3 is 19.5 Å². The van der Waals surface area contributed by atoms with Crippen molar-refractivity contribution in [2.75, 3.05) is 20.3 Å². The molecule has 0 unspecified atom stereocenters. The van der Waals surface area contributed by atoms with Crippen LogP contribution in [0.25, 0.3) is 0 Å². The molecule has 5 heteroatoms.